The quantitative estimate of drug-likeness (QED) is 0.0872. The molecule has 0 aromatic heterocycles. The molecule has 0 heterocycles. The molecule has 6 rings (SSSR count). The minimum atomic E-state index is -6.80. The van der Waals surface area contributed by atoms with E-state index >= 15 is 0 Å². The molecule has 0 fully saturated rings. The maximum atomic E-state index is 13.7. The van der Waals surface area contributed by atoms with Crippen LogP contribution in [-0.2, 0) is 16.2 Å². The number of halogens is 21. The second-order valence-electron chi connectivity index (χ2n) is 17.6. The number of hydrogen-bond acceptors (Lipinski definition) is 1. The van der Waals surface area contributed by atoms with Gasteiger partial charge in [0.15, 0.2) is 0 Å². The first-order chi connectivity index (χ1) is 34.9. The molecule has 0 amide bonds. The van der Waals surface area contributed by atoms with Crippen LogP contribution in [0.1, 0.15) is 63.9 Å². The summed E-state index contributed by atoms with van der Waals surface area (Å²) in [5, 5.41) is 0. The molecule has 1 nitrogen and oxygen atoms in total. The molecule has 22 heteroatoms. The van der Waals surface area contributed by atoms with Gasteiger partial charge >= 0.3 is 43.2 Å². The Kier molecular flexibility index (Phi) is 15.6. The summed E-state index contributed by atoms with van der Waals surface area (Å²) < 4.78 is 287. The van der Waals surface area contributed by atoms with Crippen molar-refractivity contribution in [1.82, 2.24) is 0 Å². The number of alkyl halides is 21. The van der Waals surface area contributed by atoms with E-state index in [4.69, 9.17) is 0 Å². The lowest BCUT2D eigenvalue weighted by molar-refractivity contribution is -0.389. The largest absolute Gasteiger partial charge is 0.416 e. The van der Waals surface area contributed by atoms with Crippen molar-refractivity contribution in [2.45, 2.75) is 73.3 Å². The normalized spacial score (nSPS) is 14.1. The van der Waals surface area contributed by atoms with Crippen molar-refractivity contribution in [2.75, 3.05) is 4.90 Å². The summed E-state index contributed by atoms with van der Waals surface area (Å²) in [7, 11) is 0. The summed E-state index contributed by atoms with van der Waals surface area (Å²) in [6, 6.07) is 28.0. The fourth-order valence-electron chi connectivity index (χ4n) is 8.04. The van der Waals surface area contributed by atoms with Gasteiger partial charge in [0.25, 0.3) is 10.8 Å². The summed E-state index contributed by atoms with van der Waals surface area (Å²) in [5.41, 5.74) is -15.2. The molecule has 6 aromatic rings. The van der Waals surface area contributed by atoms with E-state index in [2.05, 4.69) is 0 Å². The SMILES string of the molecule is CC(C)(c1ccc(/C=C/c2ccc(N(c3ccc(/C=C/c4ccc(C(C(F)(F)F)(C(F)(F)F)C(F)(F)F)cc4)cc3)c3ccc(/C=C/c4ccc(C(C(F)(F)F)(C(F)(F)F)C(F)(F)F)cc4)cc3)cc2)cc1)C(F)(F)F. The Morgan fingerprint density at radius 1 is 0.237 bits per heavy atom. The molecule has 0 saturated heterocycles. The molecule has 0 radical (unpaired) electrons. The van der Waals surface area contributed by atoms with Gasteiger partial charge in [-0.25, -0.2) is 0 Å². The summed E-state index contributed by atoms with van der Waals surface area (Å²) in [5.74, 6) is 0. The average Bonchev–Trinajstić information content (AvgIpc) is 3.29. The van der Waals surface area contributed by atoms with Gasteiger partial charge in [-0.15, -0.1) is 0 Å². The third-order valence-electron chi connectivity index (χ3n) is 12.4. The minimum absolute atomic E-state index is 0.0527. The molecule has 6 aromatic carbocycles. The molecule has 76 heavy (non-hydrogen) atoms. The van der Waals surface area contributed by atoms with Crippen LogP contribution >= 0.6 is 0 Å². The van der Waals surface area contributed by atoms with Gasteiger partial charge in [0.1, 0.15) is 0 Å². The molecular formula is C54H36F21N. The molecule has 404 valence electrons. The first-order valence-electron chi connectivity index (χ1n) is 21.8. The smallest absolute Gasteiger partial charge is 0.311 e. The fourth-order valence-corrected chi connectivity index (χ4v) is 8.04. The Hall–Kier alpha value is -7.13. The number of anilines is 3. The van der Waals surface area contributed by atoms with E-state index < -0.39 is 70.6 Å². The molecule has 0 spiro atoms. The standard InChI is InChI=1S/C54H36F21N/c1-45(2,48(55,56)57)39-21-9-33(10-22-39)3-6-36-15-27-42(28-16-36)76(43-29-17-37(18-30-43)7-4-34-11-23-40(24-12-34)46(49(58,59)60,50(61,62)63)51(64,65)66)44-31-19-38(20-32-44)8-5-35-13-25-41(26-14-35)47(52(67,68)69,53(70,71)72)54(73,74)75/h3-32H,1-2H3/b6-3+,7-4+,8-5+. The zero-order valence-corrected chi connectivity index (χ0v) is 38.7. The van der Waals surface area contributed by atoms with E-state index in [9.17, 15) is 92.2 Å². The van der Waals surface area contributed by atoms with Crippen LogP contribution < -0.4 is 4.90 Å². The van der Waals surface area contributed by atoms with Crippen LogP contribution in [0.3, 0.4) is 0 Å². The van der Waals surface area contributed by atoms with Gasteiger partial charge in [0.05, 0.1) is 5.41 Å². The summed E-state index contributed by atoms with van der Waals surface area (Å²) in [6.07, 6.45) is -36.8. The van der Waals surface area contributed by atoms with Gasteiger partial charge in [-0.05, 0) is 100 Å². The first-order valence-corrected chi connectivity index (χ1v) is 21.8. The highest BCUT2D eigenvalue weighted by Gasteiger charge is 2.85. The monoisotopic (exact) mass is 1100 g/mol. The molecule has 0 atom stereocenters. The summed E-state index contributed by atoms with van der Waals surface area (Å²) >= 11 is 0. The third kappa shape index (κ3) is 11.2. The number of benzene rings is 6. The van der Waals surface area contributed by atoms with Crippen molar-refractivity contribution in [3.8, 4) is 0 Å². The zero-order chi connectivity index (χ0) is 56.7. The third-order valence-corrected chi connectivity index (χ3v) is 12.4. The summed E-state index contributed by atoms with van der Waals surface area (Å²) in [6.45, 7) is 2.11. The lowest BCUT2D eigenvalue weighted by atomic mass is 9.77. The van der Waals surface area contributed by atoms with E-state index in [0.29, 0.717) is 63.6 Å². The molecule has 0 aliphatic carbocycles. The Balaban J connectivity index is 1.29. The Labute approximate surface area is 418 Å². The van der Waals surface area contributed by atoms with Crippen LogP contribution in [0, 0.1) is 0 Å². The van der Waals surface area contributed by atoms with Crippen molar-refractivity contribution in [1.29, 1.82) is 0 Å². The van der Waals surface area contributed by atoms with Gasteiger partial charge in [-0.3, -0.25) is 0 Å². The number of rotatable bonds is 12. The number of hydrogen-bond donors (Lipinski definition) is 0. The Bertz CT molecular complexity index is 2780. The minimum Gasteiger partial charge on any atom is -0.311 e. The predicted molar refractivity (Wildman–Crippen MR) is 246 cm³/mol. The summed E-state index contributed by atoms with van der Waals surface area (Å²) in [4.78, 5) is 1.72. The van der Waals surface area contributed by atoms with Crippen molar-refractivity contribution in [2.24, 2.45) is 0 Å². The van der Waals surface area contributed by atoms with Gasteiger partial charge in [-0.1, -0.05) is 146 Å². The second-order valence-corrected chi connectivity index (χ2v) is 17.6. The zero-order valence-electron chi connectivity index (χ0n) is 38.7. The predicted octanol–water partition coefficient (Wildman–Crippen LogP) is 19.4. The lowest BCUT2D eigenvalue weighted by Gasteiger charge is -2.38. The van der Waals surface area contributed by atoms with Crippen LogP contribution in [-0.4, -0.2) is 43.2 Å². The van der Waals surface area contributed by atoms with Crippen LogP contribution in [0.5, 0.6) is 0 Å². The van der Waals surface area contributed by atoms with Gasteiger partial charge in [-0.2, -0.15) is 92.2 Å². The first kappa shape index (κ1) is 58.1. The van der Waals surface area contributed by atoms with Crippen LogP contribution in [0.4, 0.5) is 109 Å². The maximum absolute atomic E-state index is 13.7. The van der Waals surface area contributed by atoms with E-state index in [1.54, 1.807) is 65.6 Å². The van der Waals surface area contributed by atoms with E-state index in [-0.39, 0.29) is 41.0 Å². The van der Waals surface area contributed by atoms with Crippen LogP contribution in [0.15, 0.2) is 146 Å². The Morgan fingerprint density at radius 2 is 0.408 bits per heavy atom. The van der Waals surface area contributed by atoms with E-state index in [1.807, 2.05) is 0 Å². The highest BCUT2D eigenvalue weighted by Crippen LogP contribution is 2.62. The lowest BCUT2D eigenvalue weighted by Crippen LogP contribution is -2.63. The molecular weight excluding hydrogens is 1060 g/mol. The van der Waals surface area contributed by atoms with Crippen LogP contribution in [0.2, 0.25) is 0 Å². The molecule has 0 saturated carbocycles. The van der Waals surface area contributed by atoms with Gasteiger partial charge < -0.3 is 4.90 Å². The maximum Gasteiger partial charge on any atom is 0.416 e. The molecule has 0 unspecified atom stereocenters. The highest BCUT2D eigenvalue weighted by atomic mass is 19.5. The molecule has 0 aliphatic heterocycles. The molecule has 0 bridgehead atoms. The van der Waals surface area contributed by atoms with E-state index in [0.717, 1.165) is 13.8 Å². The van der Waals surface area contributed by atoms with Crippen molar-refractivity contribution in [3.63, 3.8) is 0 Å². The Morgan fingerprint density at radius 3 is 0.579 bits per heavy atom. The van der Waals surface area contributed by atoms with Gasteiger partial charge in [0, 0.05) is 17.1 Å². The van der Waals surface area contributed by atoms with Crippen molar-refractivity contribution < 1.29 is 92.2 Å². The fraction of sp³-hybridized carbons (Fsp3) is 0.222. The molecule has 0 aliphatic rings. The van der Waals surface area contributed by atoms with Crippen molar-refractivity contribution >= 4 is 53.5 Å². The highest BCUT2D eigenvalue weighted by molar-refractivity contribution is 5.81. The van der Waals surface area contributed by atoms with Crippen LogP contribution in [0.25, 0.3) is 36.5 Å². The average molecular weight is 1100 g/mol. The van der Waals surface area contributed by atoms with Crippen molar-refractivity contribution in [3.05, 3.63) is 196 Å². The van der Waals surface area contributed by atoms with E-state index in [1.165, 1.54) is 72.8 Å². The molecule has 0 N–H and O–H groups in total. The van der Waals surface area contributed by atoms with Gasteiger partial charge in [0.2, 0.25) is 0 Å². The topological polar surface area (TPSA) is 3.24 Å². The number of nitrogens with zero attached hydrogens (tertiary/aromatic N) is 1. The second kappa shape index (κ2) is 20.4.